The lowest BCUT2D eigenvalue weighted by Gasteiger charge is -2.57. The number of rotatable bonds is 4. The second-order valence-corrected chi connectivity index (χ2v) is 14.7. The Balaban J connectivity index is 0.931. The van der Waals surface area contributed by atoms with Gasteiger partial charge >= 0.3 is 0 Å². The minimum absolute atomic E-state index is 0.374. The van der Waals surface area contributed by atoms with Gasteiger partial charge < -0.3 is 10.6 Å². The molecule has 0 unspecified atom stereocenters. The molecule has 0 aromatic heterocycles. The monoisotopic (exact) mass is 470 g/mol. The number of hydrogen-bond donors (Lipinski definition) is 2. The zero-order valence-electron chi connectivity index (χ0n) is 19.7. The average Bonchev–Trinajstić information content (AvgIpc) is 2.73. The molecule has 0 aromatic rings. The van der Waals surface area contributed by atoms with Gasteiger partial charge in [0.25, 0.3) is 0 Å². The van der Waals surface area contributed by atoms with Crippen LogP contribution in [-0.2, 0) is 0 Å². The molecule has 0 aliphatic heterocycles. The van der Waals surface area contributed by atoms with Crippen LogP contribution in [0.5, 0.6) is 0 Å². The van der Waals surface area contributed by atoms with Crippen molar-refractivity contribution in [2.45, 2.75) is 115 Å². The lowest BCUT2D eigenvalue weighted by Crippen LogP contribution is -2.56. The molecule has 8 bridgehead atoms. The molecule has 176 valence electrons. The minimum Gasteiger partial charge on any atom is -0.376 e. The summed E-state index contributed by atoms with van der Waals surface area (Å²) in [6.45, 7) is 0. The number of nitrogens with one attached hydrogen (secondary N) is 2. The van der Waals surface area contributed by atoms with Crippen LogP contribution in [0.3, 0.4) is 0 Å². The van der Waals surface area contributed by atoms with Crippen molar-refractivity contribution in [2.24, 2.45) is 46.3 Å². The zero-order valence-corrected chi connectivity index (χ0v) is 21.4. The van der Waals surface area contributed by atoms with Crippen molar-refractivity contribution in [1.29, 1.82) is 0 Å². The van der Waals surface area contributed by atoms with E-state index >= 15 is 0 Å². The maximum absolute atomic E-state index is 6.13. The van der Waals surface area contributed by atoms with Crippen molar-refractivity contribution < 1.29 is 0 Å². The van der Waals surface area contributed by atoms with E-state index < -0.39 is 0 Å². The van der Waals surface area contributed by atoms with Crippen LogP contribution in [0.25, 0.3) is 0 Å². The van der Waals surface area contributed by atoms with E-state index in [0.717, 1.165) is 35.5 Å². The quantitative estimate of drug-likeness (QED) is 0.454. The zero-order chi connectivity index (χ0) is 21.5. The summed E-state index contributed by atoms with van der Waals surface area (Å²) in [6, 6.07) is 1.20. The van der Waals surface area contributed by atoms with Gasteiger partial charge in [0.05, 0.1) is 9.98 Å². The first-order valence-corrected chi connectivity index (χ1v) is 14.9. The van der Waals surface area contributed by atoms with Gasteiger partial charge in [-0.1, -0.05) is 24.4 Å². The summed E-state index contributed by atoms with van der Waals surface area (Å²) in [4.78, 5) is 2.52. The second kappa shape index (κ2) is 7.64. The predicted molar refractivity (Wildman–Crippen MR) is 139 cm³/mol. The van der Waals surface area contributed by atoms with Crippen molar-refractivity contribution in [1.82, 2.24) is 10.6 Å². The normalized spacial score (nSPS) is 52.8. The molecule has 0 spiro atoms. The van der Waals surface area contributed by atoms with E-state index in [4.69, 9.17) is 24.4 Å². The van der Waals surface area contributed by atoms with Gasteiger partial charge in [-0.25, -0.2) is 0 Å². The van der Waals surface area contributed by atoms with Crippen LogP contribution in [0.4, 0.5) is 0 Å². The lowest BCUT2D eigenvalue weighted by molar-refractivity contribution is -0.0135. The third kappa shape index (κ3) is 3.51. The molecule has 0 amide bonds. The Hall–Kier alpha value is -0.220. The number of hydrogen-bond acceptors (Lipinski definition) is 2. The topological polar surface area (TPSA) is 24.1 Å². The Bertz CT molecular complexity index is 659. The first-order chi connectivity index (χ1) is 15.5. The fourth-order valence-electron chi connectivity index (χ4n) is 10.8. The lowest BCUT2D eigenvalue weighted by atomic mass is 9.49. The predicted octanol–water partition coefficient (Wildman–Crippen LogP) is 6.56. The van der Waals surface area contributed by atoms with Crippen molar-refractivity contribution in [3.05, 3.63) is 0 Å². The average molecular weight is 471 g/mol. The van der Waals surface area contributed by atoms with E-state index in [1.165, 1.54) is 113 Å². The molecule has 0 aromatic carbocycles. The molecule has 9 saturated carbocycles. The molecule has 0 saturated heterocycles. The highest BCUT2D eigenvalue weighted by Gasteiger charge is 2.54. The molecule has 4 heteroatoms. The van der Waals surface area contributed by atoms with E-state index in [1.54, 1.807) is 0 Å². The van der Waals surface area contributed by atoms with Gasteiger partial charge in [-0.05, 0) is 138 Å². The van der Waals surface area contributed by atoms with E-state index in [9.17, 15) is 0 Å². The Morgan fingerprint density at radius 1 is 0.469 bits per heavy atom. The maximum atomic E-state index is 6.13. The Labute approximate surface area is 205 Å². The third-order valence-corrected chi connectivity index (χ3v) is 12.5. The standard InChI is InChI=1S/C28H42N2S2/c31-25(27-11-17-5-18(12-27)7-19(6-17)13-27)29-23-1-2-24(4-3-23)30-26(32)28-14-20-8-21(15-28)10-22(9-20)16-28/h17-24H,1-16H2,(H,29,31)(H,30,32). The molecule has 9 aliphatic carbocycles. The molecule has 0 radical (unpaired) electrons. The van der Waals surface area contributed by atoms with Gasteiger partial charge in [0.15, 0.2) is 0 Å². The van der Waals surface area contributed by atoms with Gasteiger partial charge in [-0.3, -0.25) is 0 Å². The molecule has 9 aliphatic rings. The molecule has 0 atom stereocenters. The van der Waals surface area contributed by atoms with Crippen LogP contribution in [0, 0.1) is 46.3 Å². The summed E-state index contributed by atoms with van der Waals surface area (Å²) in [5.41, 5.74) is 0.749. The SMILES string of the molecule is S=C(NC1CCC(NC(=S)C23CC4CC(CC(C4)C2)C3)CC1)C12CC3CC(CC(C3)C1)C2. The van der Waals surface area contributed by atoms with Gasteiger partial charge in [0.2, 0.25) is 0 Å². The summed E-state index contributed by atoms with van der Waals surface area (Å²) >= 11 is 12.3. The molecule has 2 nitrogen and oxygen atoms in total. The highest BCUT2D eigenvalue weighted by Crippen LogP contribution is 2.61. The second-order valence-electron chi connectivity index (χ2n) is 13.9. The molecule has 32 heavy (non-hydrogen) atoms. The van der Waals surface area contributed by atoms with Crippen LogP contribution in [0.1, 0.15) is 103 Å². The first-order valence-electron chi connectivity index (χ1n) is 14.1. The van der Waals surface area contributed by atoms with Crippen molar-refractivity contribution in [3.8, 4) is 0 Å². The highest BCUT2D eigenvalue weighted by molar-refractivity contribution is 7.80. The Morgan fingerprint density at radius 3 is 0.969 bits per heavy atom. The first kappa shape index (κ1) is 21.1. The summed E-state index contributed by atoms with van der Waals surface area (Å²) in [7, 11) is 0. The molecule has 0 heterocycles. The van der Waals surface area contributed by atoms with Gasteiger partial charge in [0, 0.05) is 22.9 Å². The van der Waals surface area contributed by atoms with E-state index in [1.807, 2.05) is 0 Å². The Kier molecular flexibility index (Phi) is 5.04. The summed E-state index contributed by atoms with van der Waals surface area (Å²) in [6.07, 6.45) is 22.4. The van der Waals surface area contributed by atoms with E-state index in [2.05, 4.69) is 10.6 Å². The van der Waals surface area contributed by atoms with Crippen LogP contribution in [0.2, 0.25) is 0 Å². The minimum atomic E-state index is 0.374. The van der Waals surface area contributed by atoms with Gasteiger partial charge in [-0.2, -0.15) is 0 Å². The van der Waals surface area contributed by atoms with Crippen LogP contribution >= 0.6 is 24.4 Å². The smallest absolute Gasteiger partial charge is 0.0818 e. The van der Waals surface area contributed by atoms with Crippen molar-refractivity contribution in [3.63, 3.8) is 0 Å². The van der Waals surface area contributed by atoms with Gasteiger partial charge in [0.1, 0.15) is 0 Å². The summed E-state index contributed by atoms with van der Waals surface area (Å²) in [5.74, 6) is 5.87. The van der Waals surface area contributed by atoms with Crippen LogP contribution in [0.15, 0.2) is 0 Å². The maximum Gasteiger partial charge on any atom is 0.0818 e. The number of thiocarbonyl (C=S) groups is 2. The van der Waals surface area contributed by atoms with Crippen LogP contribution < -0.4 is 10.6 Å². The van der Waals surface area contributed by atoms with Gasteiger partial charge in [-0.15, -0.1) is 0 Å². The third-order valence-electron chi connectivity index (χ3n) is 11.4. The largest absolute Gasteiger partial charge is 0.376 e. The Morgan fingerprint density at radius 2 is 0.719 bits per heavy atom. The van der Waals surface area contributed by atoms with E-state index in [0.29, 0.717) is 22.9 Å². The highest BCUT2D eigenvalue weighted by atomic mass is 32.1. The molecule has 9 rings (SSSR count). The van der Waals surface area contributed by atoms with Crippen molar-refractivity contribution >= 4 is 34.4 Å². The fourth-order valence-corrected chi connectivity index (χ4v) is 11.7. The van der Waals surface area contributed by atoms with Crippen molar-refractivity contribution in [2.75, 3.05) is 0 Å². The summed E-state index contributed by atoms with van der Waals surface area (Å²) in [5, 5.41) is 7.86. The summed E-state index contributed by atoms with van der Waals surface area (Å²) < 4.78 is 0. The van der Waals surface area contributed by atoms with Crippen LogP contribution in [-0.4, -0.2) is 22.1 Å². The van der Waals surface area contributed by atoms with E-state index in [-0.39, 0.29) is 0 Å². The molecular weight excluding hydrogens is 428 g/mol. The fraction of sp³-hybridized carbons (Fsp3) is 0.929. The molecular formula is C28H42N2S2. The molecule has 9 fully saturated rings. The molecule has 2 N–H and O–H groups in total.